The lowest BCUT2D eigenvalue weighted by atomic mass is 10.1. The highest BCUT2D eigenvalue weighted by Gasteiger charge is 2.29. The van der Waals surface area contributed by atoms with Crippen LogP contribution in [-0.4, -0.2) is 50.4 Å². The molecular weight excluding hydrogens is 404 g/mol. The summed E-state index contributed by atoms with van der Waals surface area (Å²) in [6, 6.07) is 7.51. The highest BCUT2D eigenvalue weighted by molar-refractivity contribution is 7.91. The Balaban J connectivity index is 1.57. The topological polar surface area (TPSA) is 119 Å². The first-order chi connectivity index (χ1) is 13.3. The molecule has 2 amide bonds. The zero-order chi connectivity index (χ0) is 20.1. The lowest BCUT2D eigenvalue weighted by Gasteiger charge is -2.12. The van der Waals surface area contributed by atoms with Gasteiger partial charge in [0.2, 0.25) is 0 Å². The maximum Gasteiger partial charge on any atom is 0.340 e. The molecule has 2 heterocycles. The van der Waals surface area contributed by atoms with E-state index in [0.29, 0.717) is 12.0 Å². The molecule has 1 unspecified atom stereocenters. The number of sulfone groups is 1. The summed E-state index contributed by atoms with van der Waals surface area (Å²) >= 11 is 1.38. The van der Waals surface area contributed by atoms with Gasteiger partial charge in [-0.1, -0.05) is 12.1 Å². The van der Waals surface area contributed by atoms with Gasteiger partial charge in [0.1, 0.15) is 0 Å². The van der Waals surface area contributed by atoms with Gasteiger partial charge in [0.15, 0.2) is 16.4 Å². The monoisotopic (exact) mass is 422 g/mol. The first-order valence-electron chi connectivity index (χ1n) is 8.43. The van der Waals surface area contributed by atoms with Crippen LogP contribution in [0.3, 0.4) is 0 Å². The number of carbonyl (C=O) groups excluding carboxylic acids is 3. The Kier molecular flexibility index (Phi) is 6.10. The normalized spacial score (nSPS) is 17.6. The molecule has 0 spiro atoms. The molecule has 0 bridgehead atoms. The van der Waals surface area contributed by atoms with Crippen molar-refractivity contribution in [3.05, 3.63) is 52.2 Å². The second-order valence-corrected chi connectivity index (χ2v) is 9.26. The van der Waals surface area contributed by atoms with E-state index in [1.165, 1.54) is 17.4 Å². The fourth-order valence-corrected chi connectivity index (χ4v) is 5.05. The zero-order valence-electron chi connectivity index (χ0n) is 14.7. The first kappa shape index (κ1) is 20.0. The molecule has 1 aliphatic rings. The molecule has 1 aromatic heterocycles. The van der Waals surface area contributed by atoms with E-state index < -0.39 is 34.4 Å². The summed E-state index contributed by atoms with van der Waals surface area (Å²) in [4.78, 5) is 36.4. The van der Waals surface area contributed by atoms with Crippen molar-refractivity contribution in [2.24, 2.45) is 0 Å². The van der Waals surface area contributed by atoms with Gasteiger partial charge in [-0.3, -0.25) is 9.59 Å². The van der Waals surface area contributed by atoms with Crippen LogP contribution in [0.25, 0.3) is 0 Å². The first-order valence-corrected chi connectivity index (χ1v) is 11.2. The number of thiophene rings is 1. The molecule has 1 saturated heterocycles. The largest absolute Gasteiger partial charge is 0.452 e. The predicted octanol–water partition coefficient (Wildman–Crippen LogP) is 1.46. The van der Waals surface area contributed by atoms with Gasteiger partial charge in [-0.05, 0) is 30.0 Å². The van der Waals surface area contributed by atoms with Crippen LogP contribution in [0.1, 0.15) is 27.1 Å². The number of anilines is 1. The van der Waals surface area contributed by atoms with Gasteiger partial charge < -0.3 is 15.4 Å². The van der Waals surface area contributed by atoms with Crippen LogP contribution in [0.5, 0.6) is 0 Å². The molecular formula is C18H18N2O6S2. The van der Waals surface area contributed by atoms with Crippen molar-refractivity contribution >= 4 is 44.6 Å². The maximum absolute atomic E-state index is 12.3. The molecule has 1 aliphatic heterocycles. The molecule has 3 rings (SSSR count). The average Bonchev–Trinajstić information content (AvgIpc) is 3.30. The molecule has 148 valence electrons. The number of amides is 2. The summed E-state index contributed by atoms with van der Waals surface area (Å²) < 4.78 is 27.8. The Morgan fingerprint density at radius 1 is 1.18 bits per heavy atom. The van der Waals surface area contributed by atoms with Crippen LogP contribution in [0, 0.1) is 0 Å². The Morgan fingerprint density at radius 3 is 2.64 bits per heavy atom. The van der Waals surface area contributed by atoms with Crippen LogP contribution >= 0.6 is 11.3 Å². The second kappa shape index (κ2) is 8.53. The Hall–Kier alpha value is -2.72. The summed E-state index contributed by atoms with van der Waals surface area (Å²) in [7, 11) is -3.11. The fourth-order valence-electron chi connectivity index (χ4n) is 2.75. The standard InChI is InChI=1S/C18H18N2O6S2/c21-16(19-13-6-8-28(24,25)11-13)9-26-18(23)14-3-1-2-4-15(14)20-17(22)12-5-7-27-10-12/h1-5,7,10,13H,6,8-9,11H2,(H,19,21)(H,20,22). The van der Waals surface area contributed by atoms with E-state index in [0.717, 1.165) is 0 Å². The molecule has 8 nitrogen and oxygen atoms in total. The lowest BCUT2D eigenvalue weighted by Crippen LogP contribution is -2.38. The molecule has 2 N–H and O–H groups in total. The number of hydrogen-bond acceptors (Lipinski definition) is 7. The quantitative estimate of drug-likeness (QED) is 0.681. The highest BCUT2D eigenvalue weighted by atomic mass is 32.2. The average molecular weight is 422 g/mol. The van der Waals surface area contributed by atoms with E-state index in [9.17, 15) is 22.8 Å². The molecule has 28 heavy (non-hydrogen) atoms. The van der Waals surface area contributed by atoms with E-state index in [2.05, 4.69) is 10.6 Å². The van der Waals surface area contributed by atoms with Crippen molar-refractivity contribution < 1.29 is 27.5 Å². The second-order valence-electron chi connectivity index (χ2n) is 6.26. The van der Waals surface area contributed by atoms with Gasteiger partial charge in [-0.25, -0.2) is 13.2 Å². The van der Waals surface area contributed by atoms with Crippen LogP contribution < -0.4 is 10.6 Å². The van der Waals surface area contributed by atoms with Gasteiger partial charge >= 0.3 is 5.97 Å². The number of para-hydroxylation sites is 1. The minimum absolute atomic E-state index is 0.0366. The predicted molar refractivity (Wildman–Crippen MR) is 104 cm³/mol. The van der Waals surface area contributed by atoms with Crippen molar-refractivity contribution in [1.82, 2.24) is 5.32 Å². The number of carbonyl (C=O) groups is 3. The van der Waals surface area contributed by atoms with Gasteiger partial charge in [0.25, 0.3) is 11.8 Å². The molecule has 0 radical (unpaired) electrons. The highest BCUT2D eigenvalue weighted by Crippen LogP contribution is 2.18. The van der Waals surface area contributed by atoms with Crippen molar-refractivity contribution in [2.75, 3.05) is 23.4 Å². The molecule has 2 aromatic rings. The van der Waals surface area contributed by atoms with Crippen molar-refractivity contribution in [3.8, 4) is 0 Å². The van der Waals surface area contributed by atoms with Crippen LogP contribution in [-0.2, 0) is 19.4 Å². The number of benzene rings is 1. The van der Waals surface area contributed by atoms with Gasteiger partial charge in [-0.2, -0.15) is 11.3 Å². The summed E-state index contributed by atoms with van der Waals surface area (Å²) in [5.41, 5.74) is 0.854. The number of nitrogens with one attached hydrogen (secondary N) is 2. The minimum atomic E-state index is -3.11. The van der Waals surface area contributed by atoms with Crippen LogP contribution in [0.2, 0.25) is 0 Å². The minimum Gasteiger partial charge on any atom is -0.452 e. The lowest BCUT2D eigenvalue weighted by molar-refractivity contribution is -0.124. The van der Waals surface area contributed by atoms with E-state index >= 15 is 0 Å². The Bertz CT molecular complexity index is 985. The number of rotatable bonds is 6. The summed E-state index contributed by atoms with van der Waals surface area (Å²) in [5.74, 6) is -1.77. The van der Waals surface area contributed by atoms with Gasteiger partial charge in [-0.15, -0.1) is 0 Å². The Labute approximate surface area is 165 Å². The van der Waals surface area contributed by atoms with E-state index in [1.807, 2.05) is 0 Å². The summed E-state index contributed by atoms with van der Waals surface area (Å²) in [6.07, 6.45) is 0.347. The number of esters is 1. The molecule has 1 fully saturated rings. The summed E-state index contributed by atoms with van der Waals surface area (Å²) in [6.45, 7) is -0.539. The van der Waals surface area contributed by atoms with Crippen LogP contribution in [0.4, 0.5) is 5.69 Å². The van der Waals surface area contributed by atoms with E-state index in [1.54, 1.807) is 35.0 Å². The Morgan fingerprint density at radius 2 is 1.96 bits per heavy atom. The van der Waals surface area contributed by atoms with E-state index in [-0.39, 0.29) is 28.7 Å². The zero-order valence-corrected chi connectivity index (χ0v) is 16.3. The summed E-state index contributed by atoms with van der Waals surface area (Å²) in [5, 5.41) is 8.64. The number of ether oxygens (including phenoxy) is 1. The molecule has 10 heteroatoms. The SMILES string of the molecule is O=C(COC(=O)c1ccccc1NC(=O)c1ccsc1)NC1CCS(=O)(=O)C1. The number of hydrogen-bond donors (Lipinski definition) is 2. The maximum atomic E-state index is 12.3. The van der Waals surface area contributed by atoms with Crippen LogP contribution in [0.15, 0.2) is 41.1 Å². The van der Waals surface area contributed by atoms with Crippen molar-refractivity contribution in [3.63, 3.8) is 0 Å². The smallest absolute Gasteiger partial charge is 0.340 e. The van der Waals surface area contributed by atoms with Gasteiger partial charge in [0, 0.05) is 11.4 Å². The molecule has 1 aromatic carbocycles. The third-order valence-electron chi connectivity index (χ3n) is 4.11. The fraction of sp³-hybridized carbons (Fsp3) is 0.278. The van der Waals surface area contributed by atoms with Crippen molar-refractivity contribution in [2.45, 2.75) is 12.5 Å². The molecule has 1 atom stereocenters. The molecule has 0 saturated carbocycles. The third-order valence-corrected chi connectivity index (χ3v) is 6.56. The van der Waals surface area contributed by atoms with Gasteiger partial charge in [0.05, 0.1) is 28.3 Å². The van der Waals surface area contributed by atoms with E-state index in [4.69, 9.17) is 4.74 Å². The third kappa shape index (κ3) is 5.17. The van der Waals surface area contributed by atoms with Crippen molar-refractivity contribution in [1.29, 1.82) is 0 Å². The molecule has 0 aliphatic carbocycles.